The van der Waals surface area contributed by atoms with Crippen LogP contribution in [-0.4, -0.2) is 37.8 Å². The van der Waals surface area contributed by atoms with E-state index in [-0.39, 0.29) is 24.1 Å². The zero-order chi connectivity index (χ0) is 18.3. The number of nitrogens with zero attached hydrogens (tertiary/aromatic N) is 3. The first kappa shape index (κ1) is 17.6. The number of aromatic nitrogens is 3. The van der Waals surface area contributed by atoms with Crippen LogP contribution in [0, 0.1) is 5.13 Å². The molecule has 7 nitrogen and oxygen atoms in total. The Kier molecular flexibility index (Phi) is 4.61. The molecule has 0 aliphatic rings. The van der Waals surface area contributed by atoms with Crippen LogP contribution in [0.25, 0.3) is 15.7 Å². The number of aliphatic hydroxyl groups is 1. The van der Waals surface area contributed by atoms with Crippen molar-refractivity contribution in [3.8, 4) is 0 Å². The maximum absolute atomic E-state index is 13.5. The van der Waals surface area contributed by atoms with Crippen molar-refractivity contribution in [2.75, 3.05) is 6.54 Å². The summed E-state index contributed by atoms with van der Waals surface area (Å²) < 4.78 is 17.0. The van der Waals surface area contributed by atoms with Gasteiger partial charge in [0.15, 0.2) is 5.13 Å². The van der Waals surface area contributed by atoms with Gasteiger partial charge in [-0.05, 0) is 13.0 Å². The molecule has 0 aromatic carbocycles. The second kappa shape index (κ2) is 6.57. The summed E-state index contributed by atoms with van der Waals surface area (Å²) in [6.07, 6.45) is -0.672. The molecule has 3 rings (SSSR count). The van der Waals surface area contributed by atoms with Gasteiger partial charge in [0.05, 0.1) is 16.3 Å². The average Bonchev–Trinajstić information content (AvgIpc) is 3.04. The SMILES string of the molecule is CC(C)c1nn(CC(=O)NC[C@@H](C)O)c(=O)c2cc3sc(F)cc3n12. The number of hydrogen-bond acceptors (Lipinski definition) is 5. The van der Waals surface area contributed by atoms with E-state index in [9.17, 15) is 19.1 Å². The van der Waals surface area contributed by atoms with Crippen LogP contribution in [0.1, 0.15) is 32.5 Å². The van der Waals surface area contributed by atoms with Gasteiger partial charge < -0.3 is 10.4 Å². The van der Waals surface area contributed by atoms with Crippen molar-refractivity contribution in [2.45, 2.75) is 39.3 Å². The molecule has 0 bridgehead atoms. The van der Waals surface area contributed by atoms with E-state index in [0.717, 1.165) is 16.0 Å². The molecule has 0 spiro atoms. The van der Waals surface area contributed by atoms with Crippen molar-refractivity contribution in [1.82, 2.24) is 19.5 Å². The topological polar surface area (TPSA) is 88.6 Å². The lowest BCUT2D eigenvalue weighted by molar-refractivity contribution is -0.122. The Labute approximate surface area is 146 Å². The van der Waals surface area contributed by atoms with Gasteiger partial charge in [0.25, 0.3) is 5.56 Å². The molecule has 9 heteroatoms. The molecule has 3 aromatic heterocycles. The molecule has 1 amide bonds. The van der Waals surface area contributed by atoms with Crippen molar-refractivity contribution >= 4 is 33.0 Å². The summed E-state index contributed by atoms with van der Waals surface area (Å²) in [5.74, 6) is 0.133. The third kappa shape index (κ3) is 3.29. The minimum Gasteiger partial charge on any atom is -0.392 e. The van der Waals surface area contributed by atoms with E-state index >= 15 is 0 Å². The minimum atomic E-state index is -0.672. The Morgan fingerprint density at radius 2 is 2.08 bits per heavy atom. The van der Waals surface area contributed by atoms with Crippen molar-refractivity contribution < 1.29 is 14.3 Å². The van der Waals surface area contributed by atoms with E-state index in [1.807, 2.05) is 13.8 Å². The van der Waals surface area contributed by atoms with Gasteiger partial charge in [0, 0.05) is 18.5 Å². The first-order valence-electron chi connectivity index (χ1n) is 7.94. The van der Waals surface area contributed by atoms with Gasteiger partial charge in [-0.1, -0.05) is 13.8 Å². The number of rotatable bonds is 5. The highest BCUT2D eigenvalue weighted by Gasteiger charge is 2.19. The molecular weight excluding hydrogens is 347 g/mol. The largest absolute Gasteiger partial charge is 0.392 e. The first-order valence-corrected chi connectivity index (χ1v) is 8.76. The molecule has 3 aromatic rings. The summed E-state index contributed by atoms with van der Waals surface area (Å²) in [4.78, 5) is 24.7. The molecule has 1 atom stereocenters. The first-order chi connectivity index (χ1) is 11.8. The molecule has 0 saturated heterocycles. The Morgan fingerprint density at radius 1 is 1.36 bits per heavy atom. The fraction of sp³-hybridized carbons (Fsp3) is 0.438. The maximum atomic E-state index is 13.5. The third-order valence-corrected chi connectivity index (χ3v) is 4.63. The Bertz CT molecular complexity index is 1000. The molecule has 0 aliphatic heterocycles. The number of nitrogens with one attached hydrogen (secondary N) is 1. The predicted octanol–water partition coefficient (Wildman–Crippen LogP) is 1.47. The number of aliphatic hydroxyl groups excluding tert-OH is 1. The quantitative estimate of drug-likeness (QED) is 0.716. The van der Waals surface area contributed by atoms with Crippen LogP contribution < -0.4 is 10.9 Å². The van der Waals surface area contributed by atoms with Gasteiger partial charge in [-0.3, -0.25) is 14.0 Å². The maximum Gasteiger partial charge on any atom is 0.291 e. The van der Waals surface area contributed by atoms with E-state index < -0.39 is 17.6 Å². The van der Waals surface area contributed by atoms with Crippen LogP contribution in [0.4, 0.5) is 4.39 Å². The number of thiophene rings is 1. The molecule has 0 saturated carbocycles. The van der Waals surface area contributed by atoms with Crippen LogP contribution >= 0.6 is 11.3 Å². The van der Waals surface area contributed by atoms with Crippen LogP contribution in [0.2, 0.25) is 0 Å². The second-order valence-electron chi connectivity index (χ2n) is 6.29. The molecule has 0 radical (unpaired) electrons. The molecule has 0 fully saturated rings. The fourth-order valence-electron chi connectivity index (χ4n) is 2.65. The zero-order valence-corrected chi connectivity index (χ0v) is 14.9. The van der Waals surface area contributed by atoms with Gasteiger partial charge in [0.2, 0.25) is 5.91 Å². The van der Waals surface area contributed by atoms with E-state index in [4.69, 9.17) is 0 Å². The molecule has 134 valence electrons. The highest BCUT2D eigenvalue weighted by Crippen LogP contribution is 2.29. The van der Waals surface area contributed by atoms with Gasteiger partial charge in [-0.2, -0.15) is 9.49 Å². The van der Waals surface area contributed by atoms with E-state index in [1.165, 1.54) is 6.07 Å². The molecule has 0 unspecified atom stereocenters. The Balaban J connectivity index is 2.10. The normalized spacial score (nSPS) is 13.0. The fourth-order valence-corrected chi connectivity index (χ4v) is 3.45. The van der Waals surface area contributed by atoms with Gasteiger partial charge >= 0.3 is 0 Å². The molecule has 3 heterocycles. The number of carbonyl (C=O) groups excluding carboxylic acids is 1. The average molecular weight is 366 g/mol. The smallest absolute Gasteiger partial charge is 0.291 e. The highest BCUT2D eigenvalue weighted by molar-refractivity contribution is 7.17. The number of amides is 1. The standard InChI is InChI=1S/C16H19FN4O3S/c1-8(2)15-19-20(7-14(23)18-6-9(3)22)16(24)11-4-12-10(21(11)15)5-13(17)25-12/h4-5,8-9,22H,6-7H2,1-3H3,(H,18,23)/t9-/m1/s1. The minimum absolute atomic E-state index is 0.0339. The van der Waals surface area contributed by atoms with E-state index in [0.29, 0.717) is 21.6 Å². The van der Waals surface area contributed by atoms with Crippen LogP contribution in [-0.2, 0) is 11.3 Å². The van der Waals surface area contributed by atoms with Gasteiger partial charge in [0.1, 0.15) is 17.9 Å². The molecule has 2 N–H and O–H groups in total. The lowest BCUT2D eigenvalue weighted by Gasteiger charge is -2.13. The highest BCUT2D eigenvalue weighted by atomic mass is 32.1. The molecule has 25 heavy (non-hydrogen) atoms. The predicted molar refractivity (Wildman–Crippen MR) is 93.6 cm³/mol. The number of halogens is 1. The van der Waals surface area contributed by atoms with Crippen molar-refractivity contribution in [3.63, 3.8) is 0 Å². The molecule has 0 aliphatic carbocycles. The van der Waals surface area contributed by atoms with Crippen LogP contribution in [0.3, 0.4) is 0 Å². The summed E-state index contributed by atoms with van der Waals surface area (Å²) in [6, 6.07) is 3.02. The Hall–Kier alpha value is -2.26. The Morgan fingerprint density at radius 3 is 2.72 bits per heavy atom. The third-order valence-electron chi connectivity index (χ3n) is 3.77. The number of fused-ring (bicyclic) bond motifs is 3. The van der Waals surface area contributed by atoms with Crippen LogP contribution in [0.5, 0.6) is 0 Å². The summed E-state index contributed by atoms with van der Waals surface area (Å²) in [5.41, 5.74) is 0.556. The summed E-state index contributed by atoms with van der Waals surface area (Å²) >= 11 is 0.968. The van der Waals surface area contributed by atoms with Crippen LogP contribution in [0.15, 0.2) is 16.9 Å². The van der Waals surface area contributed by atoms with E-state index in [1.54, 1.807) is 17.4 Å². The summed E-state index contributed by atoms with van der Waals surface area (Å²) in [6.45, 7) is 5.25. The van der Waals surface area contributed by atoms with Crippen molar-refractivity contribution in [1.29, 1.82) is 0 Å². The molecular formula is C16H19FN4O3S. The van der Waals surface area contributed by atoms with Crippen molar-refractivity contribution in [3.05, 3.63) is 33.4 Å². The van der Waals surface area contributed by atoms with E-state index in [2.05, 4.69) is 10.4 Å². The lowest BCUT2D eigenvalue weighted by Crippen LogP contribution is -2.37. The lowest BCUT2D eigenvalue weighted by atomic mass is 10.2. The monoisotopic (exact) mass is 366 g/mol. The van der Waals surface area contributed by atoms with Crippen molar-refractivity contribution in [2.24, 2.45) is 0 Å². The second-order valence-corrected chi connectivity index (χ2v) is 7.33. The summed E-state index contributed by atoms with van der Waals surface area (Å²) in [5, 5.41) is 15.8. The zero-order valence-electron chi connectivity index (χ0n) is 14.1. The summed E-state index contributed by atoms with van der Waals surface area (Å²) in [7, 11) is 0. The number of carbonyl (C=O) groups is 1. The van der Waals surface area contributed by atoms with Gasteiger partial charge in [-0.15, -0.1) is 11.3 Å². The van der Waals surface area contributed by atoms with Gasteiger partial charge in [-0.25, -0.2) is 4.68 Å². The number of hydrogen-bond donors (Lipinski definition) is 2.